The van der Waals surface area contributed by atoms with Gasteiger partial charge >= 0.3 is 0 Å². The molecule has 1 aromatic carbocycles. The van der Waals surface area contributed by atoms with Crippen molar-refractivity contribution in [2.24, 2.45) is 23.2 Å². The third kappa shape index (κ3) is 3.07. The van der Waals surface area contributed by atoms with Crippen LogP contribution < -0.4 is 10.1 Å². The Labute approximate surface area is 168 Å². The van der Waals surface area contributed by atoms with Gasteiger partial charge in [-0.3, -0.25) is 4.79 Å². The molecule has 0 unspecified atom stereocenters. The smallest absolute Gasteiger partial charge is 0.163 e. The molecule has 0 amide bonds. The molecule has 1 aromatic rings. The fraction of sp³-hybridized carbons (Fsp3) is 0.640. The molecule has 0 spiro atoms. The van der Waals surface area contributed by atoms with E-state index >= 15 is 0 Å². The number of carbonyl (C=O) groups is 1. The van der Waals surface area contributed by atoms with Crippen molar-refractivity contribution in [1.29, 1.82) is 0 Å². The van der Waals surface area contributed by atoms with Gasteiger partial charge in [0.25, 0.3) is 0 Å². The van der Waals surface area contributed by atoms with Crippen LogP contribution in [0.15, 0.2) is 24.3 Å². The normalized spacial score (nSPS) is 36.1. The summed E-state index contributed by atoms with van der Waals surface area (Å²) in [5.74, 6) is 3.69. The van der Waals surface area contributed by atoms with Gasteiger partial charge in [-0.05, 0) is 107 Å². The molecule has 3 heteroatoms. The second-order valence-corrected chi connectivity index (χ2v) is 10.6. The van der Waals surface area contributed by atoms with E-state index in [2.05, 4.69) is 31.3 Å². The Morgan fingerprint density at radius 1 is 1.14 bits per heavy atom. The average Bonchev–Trinajstić information content (AvgIpc) is 2.59. The van der Waals surface area contributed by atoms with Gasteiger partial charge in [0, 0.05) is 28.3 Å². The maximum absolute atomic E-state index is 13.6. The maximum Gasteiger partial charge on any atom is 0.163 e. The van der Waals surface area contributed by atoms with E-state index in [1.165, 1.54) is 30.4 Å². The van der Waals surface area contributed by atoms with Gasteiger partial charge in [-0.25, -0.2) is 0 Å². The molecule has 0 atom stereocenters. The predicted molar refractivity (Wildman–Crippen MR) is 112 cm³/mol. The Hall–Kier alpha value is -1.77. The van der Waals surface area contributed by atoms with Crippen molar-refractivity contribution < 1.29 is 9.53 Å². The number of nitrogens with one attached hydrogen (secondary N) is 1. The number of hydrogen-bond acceptors (Lipinski definition) is 3. The second-order valence-electron chi connectivity index (χ2n) is 10.6. The minimum atomic E-state index is -0.0730. The first-order valence-corrected chi connectivity index (χ1v) is 11.2. The van der Waals surface area contributed by atoms with Gasteiger partial charge in [0.05, 0.1) is 6.61 Å². The first kappa shape index (κ1) is 18.3. The summed E-state index contributed by atoms with van der Waals surface area (Å²) in [4.78, 5) is 13.6. The Morgan fingerprint density at radius 3 is 2.39 bits per heavy atom. The van der Waals surface area contributed by atoms with E-state index in [9.17, 15) is 4.79 Å². The number of allylic oxidation sites excluding steroid dienone is 1. The first-order valence-electron chi connectivity index (χ1n) is 11.2. The molecule has 4 fully saturated rings. The third-order valence-corrected chi connectivity index (χ3v) is 7.62. The number of benzene rings is 1. The minimum absolute atomic E-state index is 0.0641. The van der Waals surface area contributed by atoms with Gasteiger partial charge in [0.1, 0.15) is 5.75 Å². The number of carbonyl (C=O) groups excluding carboxylic acids is 1. The van der Waals surface area contributed by atoms with Gasteiger partial charge in [0.15, 0.2) is 5.78 Å². The van der Waals surface area contributed by atoms with Crippen LogP contribution in [0.25, 0.3) is 5.70 Å². The summed E-state index contributed by atoms with van der Waals surface area (Å²) in [5.41, 5.74) is 3.32. The van der Waals surface area contributed by atoms with Crippen LogP contribution in [-0.2, 0) is 11.2 Å². The number of hydrogen-bond donors (Lipinski definition) is 1. The van der Waals surface area contributed by atoms with E-state index < -0.39 is 0 Å². The molecule has 0 aromatic heterocycles. The SMILES string of the molecule is CCOc1ccc2c(c1)CC(C)(C)N/C2=C/C(=O)C12CC3CC(CC(C3)C1)C2. The predicted octanol–water partition coefficient (Wildman–Crippen LogP) is 5.14. The highest BCUT2D eigenvalue weighted by Crippen LogP contribution is 2.60. The van der Waals surface area contributed by atoms with Crippen molar-refractivity contribution in [1.82, 2.24) is 5.32 Å². The van der Waals surface area contributed by atoms with Crippen molar-refractivity contribution in [3.8, 4) is 5.75 Å². The zero-order chi connectivity index (χ0) is 19.5. The molecule has 4 aliphatic carbocycles. The molecule has 28 heavy (non-hydrogen) atoms. The molecule has 150 valence electrons. The van der Waals surface area contributed by atoms with Gasteiger partial charge in [0.2, 0.25) is 0 Å². The third-order valence-electron chi connectivity index (χ3n) is 7.62. The molecule has 0 saturated heterocycles. The van der Waals surface area contributed by atoms with Crippen LogP contribution in [0.1, 0.15) is 70.4 Å². The van der Waals surface area contributed by atoms with E-state index in [1.807, 2.05) is 19.1 Å². The van der Waals surface area contributed by atoms with E-state index in [0.29, 0.717) is 12.4 Å². The van der Waals surface area contributed by atoms with Crippen molar-refractivity contribution in [3.63, 3.8) is 0 Å². The van der Waals surface area contributed by atoms with Gasteiger partial charge in [-0.2, -0.15) is 0 Å². The molecule has 5 aliphatic rings. The number of fused-ring (bicyclic) bond motifs is 1. The first-order chi connectivity index (χ1) is 13.4. The lowest BCUT2D eigenvalue weighted by Gasteiger charge is -2.55. The number of ketones is 1. The van der Waals surface area contributed by atoms with E-state index in [0.717, 1.165) is 54.9 Å². The van der Waals surface area contributed by atoms with Gasteiger partial charge in [-0.1, -0.05) is 0 Å². The minimum Gasteiger partial charge on any atom is -0.494 e. The largest absolute Gasteiger partial charge is 0.494 e. The molecule has 6 rings (SSSR count). The Balaban J connectivity index is 1.49. The molecule has 1 heterocycles. The summed E-state index contributed by atoms with van der Waals surface area (Å²) in [6, 6.07) is 6.32. The zero-order valence-electron chi connectivity index (χ0n) is 17.5. The van der Waals surface area contributed by atoms with Gasteiger partial charge in [-0.15, -0.1) is 0 Å². The molecule has 1 N–H and O–H groups in total. The fourth-order valence-electron chi connectivity index (χ4n) is 7.00. The average molecular weight is 380 g/mol. The van der Waals surface area contributed by atoms with Crippen LogP contribution in [0.5, 0.6) is 5.75 Å². The monoisotopic (exact) mass is 379 g/mol. The Kier molecular flexibility index (Phi) is 4.16. The van der Waals surface area contributed by atoms with E-state index in [1.54, 1.807) is 0 Å². The molecular weight excluding hydrogens is 346 g/mol. The van der Waals surface area contributed by atoms with Crippen LogP contribution in [0.2, 0.25) is 0 Å². The van der Waals surface area contributed by atoms with Crippen molar-refractivity contribution in [3.05, 3.63) is 35.4 Å². The van der Waals surface area contributed by atoms with Gasteiger partial charge < -0.3 is 10.1 Å². The molecule has 0 radical (unpaired) electrons. The van der Waals surface area contributed by atoms with Crippen LogP contribution in [-0.4, -0.2) is 17.9 Å². The summed E-state index contributed by atoms with van der Waals surface area (Å²) < 4.78 is 5.71. The van der Waals surface area contributed by atoms with Crippen LogP contribution in [0.4, 0.5) is 0 Å². The molecule has 3 nitrogen and oxygen atoms in total. The molecule has 1 aliphatic heterocycles. The maximum atomic E-state index is 13.6. The summed E-state index contributed by atoms with van der Waals surface area (Å²) in [5, 5.41) is 3.66. The van der Waals surface area contributed by atoms with E-state index in [-0.39, 0.29) is 11.0 Å². The molecule has 4 saturated carbocycles. The lowest BCUT2D eigenvalue weighted by molar-refractivity contribution is -0.138. The van der Waals surface area contributed by atoms with E-state index in [4.69, 9.17) is 4.74 Å². The zero-order valence-corrected chi connectivity index (χ0v) is 17.5. The van der Waals surface area contributed by atoms with Crippen LogP contribution in [0.3, 0.4) is 0 Å². The fourth-order valence-corrected chi connectivity index (χ4v) is 7.00. The summed E-state index contributed by atoms with van der Waals surface area (Å²) in [6.07, 6.45) is 10.4. The standard InChI is InChI=1S/C25H33NO2/c1-4-28-20-5-6-21-19(10-20)15-24(2,3)26-22(21)11-23(27)25-12-16-7-17(13-25)9-18(8-16)14-25/h5-6,10-11,16-18,26H,4,7-9,12-15H2,1-3H3/b22-11+. The van der Waals surface area contributed by atoms with Crippen LogP contribution in [0, 0.1) is 23.2 Å². The van der Waals surface area contributed by atoms with Crippen molar-refractivity contribution in [2.45, 2.75) is 71.3 Å². The quantitative estimate of drug-likeness (QED) is 0.737. The topological polar surface area (TPSA) is 38.3 Å². The second kappa shape index (κ2) is 6.37. The molecule has 4 bridgehead atoms. The highest BCUT2D eigenvalue weighted by Gasteiger charge is 2.54. The Bertz CT molecular complexity index is 800. The summed E-state index contributed by atoms with van der Waals surface area (Å²) >= 11 is 0. The highest BCUT2D eigenvalue weighted by atomic mass is 16.5. The molecular formula is C25H33NO2. The lowest BCUT2D eigenvalue weighted by Crippen LogP contribution is -2.50. The van der Waals surface area contributed by atoms with Crippen LogP contribution >= 0.6 is 0 Å². The lowest BCUT2D eigenvalue weighted by atomic mass is 9.48. The number of ether oxygens (including phenoxy) is 1. The van der Waals surface area contributed by atoms with Crippen molar-refractivity contribution in [2.75, 3.05) is 6.61 Å². The van der Waals surface area contributed by atoms with Crippen molar-refractivity contribution >= 4 is 11.5 Å². The highest BCUT2D eigenvalue weighted by molar-refractivity contribution is 6.01. The summed E-state index contributed by atoms with van der Waals surface area (Å²) in [6.45, 7) is 7.12. The number of rotatable bonds is 4. The Morgan fingerprint density at radius 2 is 1.79 bits per heavy atom. The summed E-state index contributed by atoms with van der Waals surface area (Å²) in [7, 11) is 0.